The molecule has 1 heterocycles. The summed E-state index contributed by atoms with van der Waals surface area (Å²) in [5, 5.41) is 1.22. The molecule has 24 heavy (non-hydrogen) atoms. The van der Waals surface area contributed by atoms with Crippen molar-refractivity contribution in [2.45, 2.75) is 59.4 Å². The summed E-state index contributed by atoms with van der Waals surface area (Å²) >= 11 is 0. The van der Waals surface area contributed by atoms with Crippen LogP contribution in [0, 0.1) is 0 Å². The van der Waals surface area contributed by atoms with Gasteiger partial charge < -0.3 is 9.30 Å². The average Bonchev–Trinajstić information content (AvgIpc) is 2.97. The number of fused-ring (bicyclic) bond motifs is 1. The Morgan fingerprint density at radius 1 is 1.17 bits per heavy atom. The number of esters is 1. The maximum atomic E-state index is 11.6. The van der Waals surface area contributed by atoms with Gasteiger partial charge in [0.25, 0.3) is 0 Å². The Morgan fingerprint density at radius 2 is 1.88 bits per heavy atom. The smallest absolute Gasteiger partial charge is 0.331 e. The van der Waals surface area contributed by atoms with Crippen LogP contribution >= 0.6 is 0 Å². The zero-order valence-corrected chi connectivity index (χ0v) is 15.3. The molecule has 3 heteroatoms. The fourth-order valence-electron chi connectivity index (χ4n) is 3.26. The molecule has 0 aliphatic heterocycles. The fraction of sp³-hybridized carbons (Fsp3) is 0.476. The molecule has 0 unspecified atom stereocenters. The average molecular weight is 327 g/mol. The van der Waals surface area contributed by atoms with E-state index in [0.29, 0.717) is 12.6 Å². The van der Waals surface area contributed by atoms with Crippen LogP contribution in [-0.2, 0) is 9.53 Å². The van der Waals surface area contributed by atoms with Crippen molar-refractivity contribution >= 4 is 22.4 Å². The Morgan fingerprint density at radius 3 is 2.50 bits per heavy atom. The van der Waals surface area contributed by atoms with Gasteiger partial charge in [0, 0.05) is 29.2 Å². The van der Waals surface area contributed by atoms with Crippen molar-refractivity contribution in [1.29, 1.82) is 0 Å². The number of rotatable bonds is 8. The number of carbonyl (C=O) groups excluding carboxylic acids is 1. The van der Waals surface area contributed by atoms with E-state index in [1.54, 1.807) is 6.08 Å². The SMILES string of the molecule is CCCC(CCC)n1ccc2cc(/C(C)=C/C(=O)OCC)ccc21. The Labute approximate surface area is 145 Å². The Balaban J connectivity index is 2.32. The van der Waals surface area contributed by atoms with Crippen LogP contribution in [0.15, 0.2) is 36.5 Å². The summed E-state index contributed by atoms with van der Waals surface area (Å²) in [4.78, 5) is 11.6. The van der Waals surface area contributed by atoms with Crippen LogP contribution in [0.4, 0.5) is 0 Å². The zero-order valence-electron chi connectivity index (χ0n) is 15.3. The summed E-state index contributed by atoms with van der Waals surface area (Å²) in [6.07, 6.45) is 8.59. The number of nitrogens with zero attached hydrogens (tertiary/aromatic N) is 1. The highest BCUT2D eigenvalue weighted by molar-refractivity contribution is 5.92. The number of ether oxygens (including phenoxy) is 1. The second-order valence-corrected chi connectivity index (χ2v) is 6.31. The van der Waals surface area contributed by atoms with Gasteiger partial charge in [-0.15, -0.1) is 0 Å². The van der Waals surface area contributed by atoms with Crippen molar-refractivity contribution in [2.75, 3.05) is 6.61 Å². The molecular formula is C21H29NO2. The highest BCUT2D eigenvalue weighted by atomic mass is 16.5. The molecule has 1 aromatic carbocycles. The summed E-state index contributed by atoms with van der Waals surface area (Å²) in [5.74, 6) is -0.279. The van der Waals surface area contributed by atoms with Crippen LogP contribution in [0.2, 0.25) is 0 Å². The first-order valence-corrected chi connectivity index (χ1v) is 9.06. The summed E-state index contributed by atoms with van der Waals surface area (Å²) in [6.45, 7) is 8.66. The molecule has 130 valence electrons. The topological polar surface area (TPSA) is 31.2 Å². The molecule has 1 aromatic heterocycles. The van der Waals surface area contributed by atoms with Crippen LogP contribution in [-0.4, -0.2) is 17.1 Å². The molecule has 0 aliphatic rings. The molecular weight excluding hydrogens is 298 g/mol. The lowest BCUT2D eigenvalue weighted by Crippen LogP contribution is -2.07. The number of hydrogen-bond acceptors (Lipinski definition) is 2. The van der Waals surface area contributed by atoms with E-state index < -0.39 is 0 Å². The normalized spacial score (nSPS) is 12.1. The lowest BCUT2D eigenvalue weighted by Gasteiger charge is -2.19. The Hall–Kier alpha value is -2.03. The van der Waals surface area contributed by atoms with E-state index in [9.17, 15) is 4.79 Å². The predicted molar refractivity (Wildman–Crippen MR) is 101 cm³/mol. The number of benzene rings is 1. The number of carbonyl (C=O) groups is 1. The van der Waals surface area contributed by atoms with Gasteiger partial charge in [0.1, 0.15) is 0 Å². The Bertz CT molecular complexity index is 706. The van der Waals surface area contributed by atoms with Crippen LogP contribution in [0.3, 0.4) is 0 Å². The Kier molecular flexibility index (Phi) is 6.65. The van der Waals surface area contributed by atoms with Crippen LogP contribution in [0.1, 0.15) is 65.0 Å². The second-order valence-electron chi connectivity index (χ2n) is 6.31. The van der Waals surface area contributed by atoms with E-state index in [4.69, 9.17) is 4.74 Å². The van der Waals surface area contributed by atoms with Gasteiger partial charge >= 0.3 is 5.97 Å². The minimum Gasteiger partial charge on any atom is -0.463 e. The first-order valence-electron chi connectivity index (χ1n) is 9.06. The van der Waals surface area contributed by atoms with Crippen molar-refractivity contribution in [3.8, 4) is 0 Å². The highest BCUT2D eigenvalue weighted by Crippen LogP contribution is 2.28. The standard InChI is InChI=1S/C21H29NO2/c1-5-8-19(9-6-2)22-13-12-18-15-17(10-11-20(18)22)16(4)14-21(23)24-7-3/h10-15,19H,5-9H2,1-4H3/b16-14+. The van der Waals surface area contributed by atoms with Crippen LogP contribution in [0.25, 0.3) is 16.5 Å². The minimum atomic E-state index is -0.279. The van der Waals surface area contributed by atoms with Crippen LogP contribution in [0.5, 0.6) is 0 Å². The van der Waals surface area contributed by atoms with Gasteiger partial charge in [-0.05, 0) is 56.0 Å². The molecule has 0 spiro atoms. The van der Waals surface area contributed by atoms with Gasteiger partial charge in [0.15, 0.2) is 0 Å². The van der Waals surface area contributed by atoms with Crippen molar-refractivity contribution in [3.05, 3.63) is 42.1 Å². The van der Waals surface area contributed by atoms with E-state index >= 15 is 0 Å². The van der Waals surface area contributed by atoms with E-state index in [1.165, 1.54) is 36.6 Å². The van der Waals surface area contributed by atoms with Gasteiger partial charge in [-0.1, -0.05) is 32.8 Å². The van der Waals surface area contributed by atoms with E-state index in [1.807, 2.05) is 13.8 Å². The van der Waals surface area contributed by atoms with Gasteiger partial charge in [-0.2, -0.15) is 0 Å². The third-order valence-electron chi connectivity index (χ3n) is 4.43. The summed E-state index contributed by atoms with van der Waals surface area (Å²) in [5.41, 5.74) is 3.27. The van der Waals surface area contributed by atoms with Crippen molar-refractivity contribution in [3.63, 3.8) is 0 Å². The fourth-order valence-corrected chi connectivity index (χ4v) is 3.26. The molecule has 0 N–H and O–H groups in total. The van der Waals surface area contributed by atoms with Gasteiger partial charge in [0.05, 0.1) is 6.61 Å². The minimum absolute atomic E-state index is 0.279. The number of hydrogen-bond donors (Lipinski definition) is 0. The molecule has 3 nitrogen and oxygen atoms in total. The molecule has 0 aliphatic carbocycles. The maximum Gasteiger partial charge on any atom is 0.331 e. The van der Waals surface area contributed by atoms with E-state index in [0.717, 1.165) is 11.1 Å². The first kappa shape index (κ1) is 18.3. The van der Waals surface area contributed by atoms with Gasteiger partial charge in [-0.3, -0.25) is 0 Å². The molecule has 0 amide bonds. The van der Waals surface area contributed by atoms with Gasteiger partial charge in [-0.25, -0.2) is 4.79 Å². The predicted octanol–water partition coefficient (Wildman–Crippen LogP) is 5.75. The second kappa shape index (κ2) is 8.72. The van der Waals surface area contributed by atoms with E-state index in [2.05, 4.69) is 48.9 Å². The van der Waals surface area contributed by atoms with Crippen molar-refractivity contribution in [2.24, 2.45) is 0 Å². The number of allylic oxidation sites excluding steroid dienone is 1. The highest BCUT2D eigenvalue weighted by Gasteiger charge is 2.12. The molecule has 0 saturated heterocycles. The van der Waals surface area contributed by atoms with E-state index in [-0.39, 0.29) is 5.97 Å². The monoisotopic (exact) mass is 327 g/mol. The van der Waals surface area contributed by atoms with Crippen LogP contribution < -0.4 is 0 Å². The third kappa shape index (κ3) is 4.28. The first-order chi connectivity index (χ1) is 11.6. The summed E-state index contributed by atoms with van der Waals surface area (Å²) in [7, 11) is 0. The molecule has 2 rings (SSSR count). The number of aromatic nitrogens is 1. The molecule has 0 bridgehead atoms. The third-order valence-corrected chi connectivity index (χ3v) is 4.43. The maximum absolute atomic E-state index is 11.6. The van der Waals surface area contributed by atoms with Crippen molar-refractivity contribution in [1.82, 2.24) is 4.57 Å². The van der Waals surface area contributed by atoms with Gasteiger partial charge in [0.2, 0.25) is 0 Å². The molecule has 2 aromatic rings. The molecule has 0 radical (unpaired) electrons. The summed E-state index contributed by atoms with van der Waals surface area (Å²) in [6, 6.07) is 9.17. The zero-order chi connectivity index (χ0) is 17.5. The molecule has 0 fully saturated rings. The quantitative estimate of drug-likeness (QED) is 0.456. The molecule has 0 atom stereocenters. The lowest BCUT2D eigenvalue weighted by molar-refractivity contribution is -0.137. The molecule has 0 saturated carbocycles. The van der Waals surface area contributed by atoms with Crippen molar-refractivity contribution < 1.29 is 9.53 Å². The summed E-state index contributed by atoms with van der Waals surface area (Å²) < 4.78 is 7.40. The lowest BCUT2D eigenvalue weighted by atomic mass is 10.0. The largest absolute Gasteiger partial charge is 0.463 e.